The van der Waals surface area contributed by atoms with E-state index in [4.69, 9.17) is 4.74 Å². The van der Waals surface area contributed by atoms with E-state index in [1.54, 1.807) is 0 Å². The first-order valence-electron chi connectivity index (χ1n) is 12.3. The molecule has 1 spiro atoms. The summed E-state index contributed by atoms with van der Waals surface area (Å²) >= 11 is 0. The van der Waals surface area contributed by atoms with Crippen LogP contribution in [-0.2, 0) is 14.3 Å². The van der Waals surface area contributed by atoms with Crippen molar-refractivity contribution in [2.75, 3.05) is 0 Å². The highest BCUT2D eigenvalue weighted by Gasteiger charge is 2.70. The van der Waals surface area contributed by atoms with Crippen LogP contribution in [-0.4, -0.2) is 28.4 Å². The monoisotopic (exact) mass is 426 g/mol. The minimum absolute atomic E-state index is 0.0603. The number of rotatable bonds is 0. The number of carbonyl (C=O) groups excluding carboxylic acids is 2. The van der Waals surface area contributed by atoms with Gasteiger partial charge < -0.3 is 9.84 Å². The van der Waals surface area contributed by atoms with Gasteiger partial charge in [-0.2, -0.15) is 0 Å². The van der Waals surface area contributed by atoms with Gasteiger partial charge in [-0.3, -0.25) is 9.59 Å². The van der Waals surface area contributed by atoms with Gasteiger partial charge in [-0.25, -0.2) is 0 Å². The van der Waals surface area contributed by atoms with Crippen molar-refractivity contribution in [2.45, 2.75) is 98.2 Å². The number of aliphatic hydroxyl groups excluding tert-OH is 1. The zero-order valence-electron chi connectivity index (χ0n) is 20.0. The van der Waals surface area contributed by atoms with Gasteiger partial charge in [-0.15, -0.1) is 0 Å². The molecule has 0 aromatic carbocycles. The summed E-state index contributed by atoms with van der Waals surface area (Å²) in [6.45, 7) is 13.6. The van der Waals surface area contributed by atoms with Crippen molar-refractivity contribution in [2.24, 2.45) is 34.0 Å². The number of hydrogen-bond acceptors (Lipinski definition) is 4. The fourth-order valence-corrected chi connectivity index (χ4v) is 9.10. The molecule has 5 aliphatic rings. The van der Waals surface area contributed by atoms with Crippen molar-refractivity contribution in [3.05, 3.63) is 23.0 Å². The third kappa shape index (κ3) is 2.46. The first-order chi connectivity index (χ1) is 14.4. The third-order valence-corrected chi connectivity index (χ3v) is 10.9. The van der Waals surface area contributed by atoms with Gasteiger partial charge in [0.25, 0.3) is 0 Å². The maximum atomic E-state index is 12.8. The maximum Gasteiger partial charge on any atom is 0.232 e. The second-order valence-corrected chi connectivity index (χ2v) is 12.4. The highest BCUT2D eigenvalue weighted by atomic mass is 16.5. The van der Waals surface area contributed by atoms with Crippen molar-refractivity contribution in [1.29, 1.82) is 0 Å². The number of fused-ring (bicyclic) bond motifs is 4. The highest BCUT2D eigenvalue weighted by Crippen LogP contribution is 2.72. The molecule has 4 aliphatic carbocycles. The van der Waals surface area contributed by atoms with Crippen LogP contribution < -0.4 is 0 Å². The van der Waals surface area contributed by atoms with E-state index in [1.165, 1.54) is 12.5 Å². The molecule has 0 aromatic rings. The predicted octanol–water partition coefficient (Wildman–Crippen LogP) is 5.15. The molecule has 4 nitrogen and oxygen atoms in total. The molecule has 0 bridgehead atoms. The topological polar surface area (TPSA) is 63.6 Å². The molecule has 31 heavy (non-hydrogen) atoms. The molecular formula is C27H38O4. The van der Waals surface area contributed by atoms with Crippen molar-refractivity contribution < 1.29 is 19.4 Å². The fourth-order valence-electron chi connectivity index (χ4n) is 9.10. The summed E-state index contributed by atoms with van der Waals surface area (Å²) in [6.07, 6.45) is 8.08. The fraction of sp³-hybridized carbons (Fsp3) is 0.778. The van der Waals surface area contributed by atoms with E-state index in [0.29, 0.717) is 35.5 Å². The average molecular weight is 427 g/mol. The molecule has 3 fully saturated rings. The lowest BCUT2D eigenvalue weighted by Crippen LogP contribution is -2.67. The molecule has 4 unspecified atom stereocenters. The Balaban J connectivity index is 1.58. The van der Waals surface area contributed by atoms with Crippen molar-refractivity contribution in [3.63, 3.8) is 0 Å². The van der Waals surface area contributed by atoms with Gasteiger partial charge in [-0.1, -0.05) is 34.6 Å². The first kappa shape index (κ1) is 21.4. The molecule has 0 amide bonds. The second-order valence-electron chi connectivity index (χ2n) is 12.4. The van der Waals surface area contributed by atoms with Crippen LogP contribution in [0.15, 0.2) is 23.0 Å². The molecule has 7 atom stereocenters. The predicted molar refractivity (Wildman–Crippen MR) is 119 cm³/mol. The van der Waals surface area contributed by atoms with Crippen LogP contribution in [0.5, 0.6) is 0 Å². The van der Waals surface area contributed by atoms with E-state index in [2.05, 4.69) is 34.6 Å². The van der Waals surface area contributed by atoms with Gasteiger partial charge in [0.2, 0.25) is 11.6 Å². The summed E-state index contributed by atoms with van der Waals surface area (Å²) in [5.41, 5.74) is 1.00. The van der Waals surface area contributed by atoms with Gasteiger partial charge in [0.05, 0.1) is 6.10 Å². The number of Topliss-reactive ketones (excluding diaryl/α,β-unsaturated/α-hetero) is 1. The second kappa shape index (κ2) is 6.34. The SMILES string of the molecule is CC1=CC(=O)C(=O)C2=C1O[C@@]1(C2)[C@@H](C)CCC2C3(C)CCC(O)C(C)(C)[C@@H]3CCC21C. The lowest BCUT2D eigenvalue weighted by molar-refractivity contribution is -0.250. The van der Waals surface area contributed by atoms with E-state index in [0.717, 1.165) is 37.7 Å². The summed E-state index contributed by atoms with van der Waals surface area (Å²) < 4.78 is 6.90. The molecule has 1 heterocycles. The zero-order valence-corrected chi connectivity index (χ0v) is 20.0. The van der Waals surface area contributed by atoms with E-state index in [-0.39, 0.29) is 28.1 Å². The Morgan fingerprint density at radius 1 is 1.00 bits per heavy atom. The van der Waals surface area contributed by atoms with E-state index in [9.17, 15) is 14.7 Å². The Kier molecular flexibility index (Phi) is 4.38. The van der Waals surface area contributed by atoms with Crippen molar-refractivity contribution >= 4 is 11.6 Å². The molecule has 0 saturated heterocycles. The van der Waals surface area contributed by atoms with Crippen LogP contribution >= 0.6 is 0 Å². The summed E-state index contributed by atoms with van der Waals surface area (Å²) in [5, 5.41) is 10.8. The first-order valence-corrected chi connectivity index (χ1v) is 12.3. The van der Waals surface area contributed by atoms with Crippen LogP contribution in [0.1, 0.15) is 86.5 Å². The van der Waals surface area contributed by atoms with Crippen LogP contribution in [0, 0.1) is 34.0 Å². The quantitative estimate of drug-likeness (QED) is 0.430. The number of allylic oxidation sites excluding steroid dienone is 2. The molecule has 4 heteroatoms. The number of carbonyl (C=O) groups is 2. The van der Waals surface area contributed by atoms with Gasteiger partial charge in [-0.05, 0) is 85.7 Å². The normalized spacial score (nSPS) is 48.7. The smallest absolute Gasteiger partial charge is 0.232 e. The highest BCUT2D eigenvalue weighted by molar-refractivity contribution is 6.48. The minimum atomic E-state index is -0.426. The van der Waals surface area contributed by atoms with Crippen molar-refractivity contribution in [3.8, 4) is 0 Å². The third-order valence-electron chi connectivity index (χ3n) is 10.9. The van der Waals surface area contributed by atoms with Crippen LogP contribution in [0.2, 0.25) is 0 Å². The molecular weight excluding hydrogens is 388 g/mol. The van der Waals surface area contributed by atoms with Gasteiger partial charge in [0.1, 0.15) is 11.4 Å². The molecule has 170 valence electrons. The largest absolute Gasteiger partial charge is 0.485 e. The summed E-state index contributed by atoms with van der Waals surface area (Å²) in [6, 6.07) is 0. The minimum Gasteiger partial charge on any atom is -0.485 e. The molecule has 1 N–H and O–H groups in total. The number of aliphatic hydroxyl groups is 1. The summed E-state index contributed by atoms with van der Waals surface area (Å²) in [7, 11) is 0. The Labute approximate surface area is 186 Å². The van der Waals surface area contributed by atoms with E-state index in [1.807, 2.05) is 6.92 Å². The standard InChI is InChI=1S/C27H38O4/c1-15-13-18(28)22(30)17-14-27(31-23(15)17)16(2)7-8-20-25(5)11-10-21(29)24(3,4)19(25)9-12-26(20,27)6/h13,16,19-21,29H,7-12,14H2,1-6H3/t16-,19-,20?,21?,25?,26?,27-/m0/s1. The molecule has 0 radical (unpaired) electrons. The average Bonchev–Trinajstić information content (AvgIpc) is 3.11. The lowest BCUT2D eigenvalue weighted by atomic mass is 9.37. The van der Waals surface area contributed by atoms with E-state index < -0.39 is 11.4 Å². The number of ketones is 2. The molecule has 5 rings (SSSR count). The number of hydrogen-bond donors (Lipinski definition) is 1. The summed E-state index contributed by atoms with van der Waals surface area (Å²) in [5.74, 6) is 1.22. The van der Waals surface area contributed by atoms with Gasteiger partial charge >= 0.3 is 0 Å². The lowest BCUT2D eigenvalue weighted by Gasteiger charge is -2.69. The molecule has 3 saturated carbocycles. The number of ether oxygens (including phenoxy) is 1. The van der Waals surface area contributed by atoms with E-state index >= 15 is 0 Å². The Morgan fingerprint density at radius 3 is 2.42 bits per heavy atom. The van der Waals surface area contributed by atoms with Gasteiger partial charge in [0.15, 0.2) is 0 Å². The van der Waals surface area contributed by atoms with Crippen LogP contribution in [0.4, 0.5) is 0 Å². The van der Waals surface area contributed by atoms with Gasteiger partial charge in [0, 0.05) is 17.4 Å². The molecule has 0 aromatic heterocycles. The Morgan fingerprint density at radius 2 is 1.71 bits per heavy atom. The maximum absolute atomic E-state index is 12.8. The summed E-state index contributed by atoms with van der Waals surface area (Å²) in [4.78, 5) is 25.1. The Bertz CT molecular complexity index is 926. The Hall–Kier alpha value is -1.42. The van der Waals surface area contributed by atoms with Crippen molar-refractivity contribution in [1.82, 2.24) is 0 Å². The zero-order chi connectivity index (χ0) is 22.6. The van der Waals surface area contributed by atoms with Crippen LogP contribution in [0.25, 0.3) is 0 Å². The molecule has 1 aliphatic heterocycles. The van der Waals surface area contributed by atoms with Crippen LogP contribution in [0.3, 0.4) is 0 Å².